The second-order valence-corrected chi connectivity index (χ2v) is 5.30. The van der Waals surface area contributed by atoms with E-state index < -0.39 is 0 Å². The van der Waals surface area contributed by atoms with Crippen molar-refractivity contribution in [3.8, 4) is 0 Å². The molecule has 1 N–H and O–H groups in total. The largest absolute Gasteiger partial charge is 0.342 e. The van der Waals surface area contributed by atoms with Crippen LogP contribution in [-0.4, -0.2) is 37.0 Å². The topological polar surface area (TPSA) is 32.3 Å². The Bertz CT molecular complexity index is 243. The zero-order chi connectivity index (χ0) is 12.9. The normalized spacial score (nSPS) is 25.0. The number of nitrogens with zero attached hydrogens (tertiary/aromatic N) is 1. The highest BCUT2D eigenvalue weighted by Crippen LogP contribution is 2.33. The number of carbonyl (C=O) groups is 1. The molecule has 0 bridgehead atoms. The van der Waals surface area contributed by atoms with Crippen LogP contribution < -0.4 is 5.32 Å². The predicted molar refractivity (Wildman–Crippen MR) is 72.0 cm³/mol. The fraction of sp³-hybridized carbons (Fsp3) is 0.929. The molecule has 1 unspecified atom stereocenters. The van der Waals surface area contributed by atoms with Crippen molar-refractivity contribution in [3.05, 3.63) is 0 Å². The summed E-state index contributed by atoms with van der Waals surface area (Å²) >= 11 is 0. The van der Waals surface area contributed by atoms with Crippen molar-refractivity contribution in [3.63, 3.8) is 0 Å². The molecule has 1 aliphatic heterocycles. The Hall–Kier alpha value is -0.570. The number of hydrogen-bond acceptors (Lipinski definition) is 2. The first-order valence-corrected chi connectivity index (χ1v) is 7.09. The van der Waals surface area contributed by atoms with Gasteiger partial charge >= 0.3 is 0 Å². The molecule has 0 saturated carbocycles. The number of carbonyl (C=O) groups excluding carboxylic acids is 1. The standard InChI is InChI=1S/C14H28N2O/c1-5-12(6-2)16(4)13(17)14(7-3)9-8-10-15-11-14/h12,15H,5-11H2,1-4H3. The zero-order valence-electron chi connectivity index (χ0n) is 11.9. The summed E-state index contributed by atoms with van der Waals surface area (Å²) < 4.78 is 0. The van der Waals surface area contributed by atoms with E-state index in [9.17, 15) is 4.79 Å². The Morgan fingerprint density at radius 2 is 2.00 bits per heavy atom. The molecule has 1 atom stereocenters. The lowest BCUT2D eigenvalue weighted by Gasteiger charge is -2.40. The molecule has 1 fully saturated rings. The van der Waals surface area contributed by atoms with Crippen LogP contribution in [0.15, 0.2) is 0 Å². The summed E-state index contributed by atoms with van der Waals surface area (Å²) in [4.78, 5) is 14.7. The van der Waals surface area contributed by atoms with Crippen molar-refractivity contribution in [1.29, 1.82) is 0 Å². The molecule has 100 valence electrons. The molecule has 0 aromatic carbocycles. The molecule has 1 amide bonds. The highest BCUT2D eigenvalue weighted by atomic mass is 16.2. The van der Waals surface area contributed by atoms with Crippen LogP contribution in [0.4, 0.5) is 0 Å². The number of nitrogens with one attached hydrogen (secondary N) is 1. The number of hydrogen-bond donors (Lipinski definition) is 1. The highest BCUT2D eigenvalue weighted by molar-refractivity contribution is 5.83. The van der Waals surface area contributed by atoms with E-state index in [1.54, 1.807) is 0 Å². The summed E-state index contributed by atoms with van der Waals surface area (Å²) in [5.41, 5.74) is -0.143. The minimum atomic E-state index is -0.143. The monoisotopic (exact) mass is 240 g/mol. The summed E-state index contributed by atoms with van der Waals surface area (Å²) in [7, 11) is 1.98. The number of rotatable bonds is 5. The molecule has 3 nitrogen and oxygen atoms in total. The van der Waals surface area contributed by atoms with Crippen LogP contribution in [0.5, 0.6) is 0 Å². The Labute approximate surface area is 106 Å². The molecule has 0 aliphatic carbocycles. The van der Waals surface area contributed by atoms with Gasteiger partial charge in [0.25, 0.3) is 0 Å². The third kappa shape index (κ3) is 3.01. The molecule has 17 heavy (non-hydrogen) atoms. The van der Waals surface area contributed by atoms with E-state index in [2.05, 4.69) is 26.1 Å². The van der Waals surface area contributed by atoms with Gasteiger partial charge in [0.1, 0.15) is 0 Å². The lowest BCUT2D eigenvalue weighted by atomic mass is 9.77. The van der Waals surface area contributed by atoms with Crippen LogP contribution in [0, 0.1) is 5.41 Å². The molecular weight excluding hydrogens is 212 g/mol. The van der Waals surface area contributed by atoms with Gasteiger partial charge in [0.05, 0.1) is 5.41 Å². The maximum atomic E-state index is 12.7. The summed E-state index contributed by atoms with van der Waals surface area (Å²) in [6.07, 6.45) is 5.21. The predicted octanol–water partition coefficient (Wildman–Crippen LogP) is 2.41. The SMILES string of the molecule is CCC(CC)N(C)C(=O)C1(CC)CCCNC1. The van der Waals surface area contributed by atoms with E-state index in [-0.39, 0.29) is 5.41 Å². The lowest BCUT2D eigenvalue weighted by molar-refractivity contribution is -0.144. The maximum Gasteiger partial charge on any atom is 0.230 e. The second-order valence-electron chi connectivity index (χ2n) is 5.30. The minimum absolute atomic E-state index is 0.143. The molecular formula is C14H28N2O. The van der Waals surface area contributed by atoms with Crippen LogP contribution in [0.1, 0.15) is 52.9 Å². The summed E-state index contributed by atoms with van der Waals surface area (Å²) in [5, 5.41) is 3.39. The van der Waals surface area contributed by atoms with E-state index in [0.717, 1.165) is 45.2 Å². The van der Waals surface area contributed by atoms with Crippen LogP contribution in [-0.2, 0) is 4.79 Å². The Balaban J connectivity index is 2.77. The van der Waals surface area contributed by atoms with Crippen LogP contribution in [0.25, 0.3) is 0 Å². The Morgan fingerprint density at radius 1 is 1.35 bits per heavy atom. The van der Waals surface area contributed by atoms with Crippen molar-refractivity contribution in [2.45, 2.75) is 58.9 Å². The van der Waals surface area contributed by atoms with Gasteiger partial charge in [0.2, 0.25) is 5.91 Å². The Kier molecular flexibility index (Phi) is 5.44. The van der Waals surface area contributed by atoms with E-state index in [0.29, 0.717) is 11.9 Å². The third-order valence-corrected chi connectivity index (χ3v) is 4.41. The van der Waals surface area contributed by atoms with Gasteiger partial charge in [-0.15, -0.1) is 0 Å². The van der Waals surface area contributed by atoms with Gasteiger partial charge in [0.15, 0.2) is 0 Å². The number of amides is 1. The van der Waals surface area contributed by atoms with Gasteiger partial charge in [-0.3, -0.25) is 4.79 Å². The summed E-state index contributed by atoms with van der Waals surface area (Å²) in [5.74, 6) is 0.348. The van der Waals surface area contributed by atoms with Crippen LogP contribution >= 0.6 is 0 Å². The maximum absolute atomic E-state index is 12.7. The molecule has 1 aliphatic rings. The quantitative estimate of drug-likeness (QED) is 0.800. The molecule has 1 heterocycles. The smallest absolute Gasteiger partial charge is 0.230 e. The first-order valence-electron chi connectivity index (χ1n) is 7.09. The van der Waals surface area contributed by atoms with Crippen molar-refractivity contribution >= 4 is 5.91 Å². The molecule has 0 aromatic heterocycles. The van der Waals surface area contributed by atoms with E-state index >= 15 is 0 Å². The van der Waals surface area contributed by atoms with Crippen molar-refractivity contribution < 1.29 is 4.79 Å². The van der Waals surface area contributed by atoms with Crippen LogP contribution in [0.2, 0.25) is 0 Å². The molecule has 1 rings (SSSR count). The molecule has 0 radical (unpaired) electrons. The van der Waals surface area contributed by atoms with E-state index in [1.165, 1.54) is 0 Å². The molecule has 0 spiro atoms. The van der Waals surface area contributed by atoms with E-state index in [1.807, 2.05) is 11.9 Å². The second kappa shape index (κ2) is 6.39. The average molecular weight is 240 g/mol. The van der Waals surface area contributed by atoms with Gasteiger partial charge in [-0.25, -0.2) is 0 Å². The van der Waals surface area contributed by atoms with E-state index in [4.69, 9.17) is 0 Å². The van der Waals surface area contributed by atoms with Gasteiger partial charge in [-0.1, -0.05) is 20.8 Å². The van der Waals surface area contributed by atoms with Gasteiger partial charge in [-0.05, 0) is 38.6 Å². The average Bonchev–Trinajstić information content (AvgIpc) is 2.39. The fourth-order valence-corrected chi connectivity index (χ4v) is 2.98. The first-order chi connectivity index (χ1) is 8.11. The molecule has 1 saturated heterocycles. The van der Waals surface area contributed by atoms with Gasteiger partial charge in [-0.2, -0.15) is 0 Å². The third-order valence-electron chi connectivity index (χ3n) is 4.41. The summed E-state index contributed by atoms with van der Waals surface area (Å²) in [6.45, 7) is 8.38. The van der Waals surface area contributed by atoms with Crippen molar-refractivity contribution in [2.24, 2.45) is 5.41 Å². The molecule has 0 aromatic rings. The van der Waals surface area contributed by atoms with Crippen LogP contribution in [0.3, 0.4) is 0 Å². The zero-order valence-corrected chi connectivity index (χ0v) is 11.9. The van der Waals surface area contributed by atoms with Gasteiger partial charge < -0.3 is 10.2 Å². The highest BCUT2D eigenvalue weighted by Gasteiger charge is 2.40. The fourth-order valence-electron chi connectivity index (χ4n) is 2.98. The van der Waals surface area contributed by atoms with Crippen molar-refractivity contribution in [1.82, 2.24) is 10.2 Å². The first kappa shape index (κ1) is 14.5. The number of piperidine rings is 1. The minimum Gasteiger partial charge on any atom is -0.342 e. The van der Waals surface area contributed by atoms with Crippen molar-refractivity contribution in [2.75, 3.05) is 20.1 Å². The molecule has 3 heteroatoms. The van der Waals surface area contributed by atoms with Gasteiger partial charge in [0, 0.05) is 19.6 Å². The summed E-state index contributed by atoms with van der Waals surface area (Å²) in [6, 6.07) is 0.396. The lowest BCUT2D eigenvalue weighted by Crippen LogP contribution is -2.52. The Morgan fingerprint density at radius 3 is 2.41 bits per heavy atom.